The van der Waals surface area contributed by atoms with Gasteiger partial charge in [-0.2, -0.15) is 4.21 Å². The molecule has 2 aromatic carbocycles. The highest BCUT2D eigenvalue weighted by atomic mass is 32.2. The van der Waals surface area contributed by atoms with Crippen molar-refractivity contribution in [1.29, 1.82) is 0 Å². The van der Waals surface area contributed by atoms with Crippen molar-refractivity contribution in [2.45, 2.75) is 18.2 Å². The summed E-state index contributed by atoms with van der Waals surface area (Å²) >= 11 is -1.81. The average molecular weight is 365 g/mol. The van der Waals surface area contributed by atoms with Crippen molar-refractivity contribution < 1.29 is 26.1 Å². The Morgan fingerprint density at radius 1 is 0.960 bits per heavy atom. The molecule has 3 aromatic rings. The Labute approximate surface area is 143 Å². The highest BCUT2D eigenvalue weighted by Gasteiger charge is 2.45. The van der Waals surface area contributed by atoms with Crippen molar-refractivity contribution in [2.24, 2.45) is 0 Å². The lowest BCUT2D eigenvalue weighted by Gasteiger charge is -2.32. The minimum atomic E-state index is -1.81. The van der Waals surface area contributed by atoms with Crippen LogP contribution < -0.4 is 0 Å². The van der Waals surface area contributed by atoms with Gasteiger partial charge in [0.05, 0.1) is 19.3 Å². The molecule has 2 aliphatic heterocycles. The van der Waals surface area contributed by atoms with Crippen LogP contribution in [0.4, 0.5) is 8.78 Å². The quantitative estimate of drug-likeness (QED) is 0.665. The monoisotopic (exact) mass is 365 g/mol. The molecule has 1 aromatic heterocycles. The summed E-state index contributed by atoms with van der Waals surface area (Å²) in [6, 6.07) is 8.48. The highest BCUT2D eigenvalue weighted by Crippen LogP contribution is 2.38. The van der Waals surface area contributed by atoms with Gasteiger partial charge in [0.25, 0.3) is 0 Å². The van der Waals surface area contributed by atoms with Gasteiger partial charge < -0.3 is 9.30 Å². The van der Waals surface area contributed by atoms with Crippen LogP contribution in [0.3, 0.4) is 0 Å². The molecule has 130 valence electrons. The van der Waals surface area contributed by atoms with Gasteiger partial charge in [0.15, 0.2) is 0 Å². The normalized spacial score (nSPS) is 29.4. The first-order valence-electron chi connectivity index (χ1n) is 7.84. The minimum absolute atomic E-state index is 0.299. The Hall–Kier alpha value is -1.87. The van der Waals surface area contributed by atoms with E-state index >= 15 is 0 Å². The number of hydrogen-bond acceptors (Lipinski definition) is 4. The molecule has 1 unspecified atom stereocenters. The van der Waals surface area contributed by atoms with Crippen molar-refractivity contribution in [1.82, 2.24) is 4.57 Å². The molecule has 5 nitrogen and oxygen atoms in total. The molecule has 5 rings (SSSR count). The van der Waals surface area contributed by atoms with Crippen LogP contribution in [0, 0.1) is 11.6 Å². The zero-order chi connectivity index (χ0) is 17.1. The highest BCUT2D eigenvalue weighted by molar-refractivity contribution is 7.75. The zero-order valence-corrected chi connectivity index (χ0v) is 13.7. The smallest absolute Gasteiger partial charge is 0.305 e. The molecule has 3 heterocycles. The van der Waals surface area contributed by atoms with E-state index in [9.17, 15) is 13.0 Å². The van der Waals surface area contributed by atoms with Gasteiger partial charge in [0.1, 0.15) is 23.8 Å². The first kappa shape index (κ1) is 15.4. The van der Waals surface area contributed by atoms with Gasteiger partial charge in [-0.05, 0) is 36.4 Å². The first-order valence-corrected chi connectivity index (χ1v) is 8.84. The fraction of sp³-hybridized carbons (Fsp3) is 0.294. The summed E-state index contributed by atoms with van der Waals surface area (Å²) in [6.45, 7) is 0.628. The SMILES string of the molecule is O=S1O[C@H]2[C@H](COC[C@@H]2n2c3ccc(F)cc3c3cc(F)ccc32)O1. The van der Waals surface area contributed by atoms with E-state index < -0.39 is 35.2 Å². The fourth-order valence-electron chi connectivity index (χ4n) is 3.74. The predicted octanol–water partition coefficient (Wildman–Crippen LogP) is 3.01. The van der Waals surface area contributed by atoms with Gasteiger partial charge >= 0.3 is 11.4 Å². The number of aromatic nitrogens is 1. The van der Waals surface area contributed by atoms with Crippen LogP contribution in [-0.4, -0.2) is 34.2 Å². The summed E-state index contributed by atoms with van der Waals surface area (Å²) in [7, 11) is 0. The van der Waals surface area contributed by atoms with Gasteiger partial charge in [-0.25, -0.2) is 8.78 Å². The van der Waals surface area contributed by atoms with Crippen LogP contribution in [0.25, 0.3) is 21.8 Å². The van der Waals surface area contributed by atoms with Crippen molar-refractivity contribution in [3.8, 4) is 0 Å². The van der Waals surface area contributed by atoms with E-state index in [0.717, 1.165) is 11.0 Å². The second kappa shape index (κ2) is 5.57. The lowest BCUT2D eigenvalue weighted by atomic mass is 10.0. The summed E-state index contributed by atoms with van der Waals surface area (Å²) in [4.78, 5) is 0. The molecule has 0 aliphatic carbocycles. The van der Waals surface area contributed by atoms with Gasteiger partial charge in [-0.15, -0.1) is 0 Å². The number of hydrogen-bond donors (Lipinski definition) is 0. The Bertz CT molecular complexity index is 961. The molecule has 2 aliphatic rings. The Morgan fingerprint density at radius 3 is 2.24 bits per heavy atom. The third kappa shape index (κ3) is 2.32. The van der Waals surface area contributed by atoms with Crippen molar-refractivity contribution in [3.63, 3.8) is 0 Å². The van der Waals surface area contributed by atoms with Crippen molar-refractivity contribution in [2.75, 3.05) is 13.2 Å². The molecule has 0 saturated carbocycles. The van der Waals surface area contributed by atoms with E-state index in [1.165, 1.54) is 24.3 Å². The van der Waals surface area contributed by atoms with Crippen LogP contribution in [0.15, 0.2) is 36.4 Å². The number of rotatable bonds is 1. The van der Waals surface area contributed by atoms with Crippen LogP contribution in [-0.2, 0) is 24.5 Å². The molecule has 0 bridgehead atoms. The standard InChI is InChI=1S/C17H13F2NO4S/c18-9-1-3-13-11(5-9)12-6-10(19)2-4-14(12)20(13)15-7-22-8-16-17(15)24-25(21)23-16/h1-6,15-17H,7-8H2/t15-,16-,17+,25?/m0/s1. The summed E-state index contributed by atoms with van der Waals surface area (Å²) < 4.78 is 57.4. The lowest BCUT2D eigenvalue weighted by Crippen LogP contribution is -2.43. The summed E-state index contributed by atoms with van der Waals surface area (Å²) in [5.41, 5.74) is 1.47. The molecule has 25 heavy (non-hydrogen) atoms. The second-order valence-electron chi connectivity index (χ2n) is 6.20. The van der Waals surface area contributed by atoms with E-state index in [4.69, 9.17) is 13.1 Å². The molecule has 0 N–H and O–H groups in total. The summed E-state index contributed by atoms with van der Waals surface area (Å²) in [6.07, 6.45) is -0.892. The third-order valence-electron chi connectivity index (χ3n) is 4.77. The molecule has 0 spiro atoms. The third-order valence-corrected chi connectivity index (χ3v) is 5.55. The Balaban J connectivity index is 1.78. The van der Waals surface area contributed by atoms with Crippen LogP contribution in [0.1, 0.15) is 6.04 Å². The number of nitrogens with zero attached hydrogens (tertiary/aromatic N) is 1. The van der Waals surface area contributed by atoms with Crippen molar-refractivity contribution in [3.05, 3.63) is 48.0 Å². The van der Waals surface area contributed by atoms with Gasteiger partial charge in [0, 0.05) is 21.8 Å². The number of ether oxygens (including phenoxy) is 1. The molecule has 4 atom stereocenters. The average Bonchev–Trinajstić information content (AvgIpc) is 3.11. The maximum absolute atomic E-state index is 13.8. The number of fused-ring (bicyclic) bond motifs is 4. The zero-order valence-electron chi connectivity index (χ0n) is 12.9. The van der Waals surface area contributed by atoms with Gasteiger partial charge in [-0.3, -0.25) is 8.37 Å². The van der Waals surface area contributed by atoms with Crippen molar-refractivity contribution >= 4 is 33.2 Å². The number of halogens is 2. The lowest BCUT2D eigenvalue weighted by molar-refractivity contribution is -0.0519. The van der Waals surface area contributed by atoms with E-state index in [-0.39, 0.29) is 6.04 Å². The molecule has 8 heteroatoms. The van der Waals surface area contributed by atoms with Crippen LogP contribution in [0.5, 0.6) is 0 Å². The first-order chi connectivity index (χ1) is 12.1. The molecule has 0 radical (unpaired) electrons. The van der Waals surface area contributed by atoms with Crippen LogP contribution in [0.2, 0.25) is 0 Å². The molecule has 0 amide bonds. The summed E-state index contributed by atoms with van der Waals surface area (Å²) in [5.74, 6) is -0.787. The largest absolute Gasteiger partial charge is 0.376 e. The molecular weight excluding hydrogens is 352 g/mol. The predicted molar refractivity (Wildman–Crippen MR) is 87.1 cm³/mol. The van der Waals surface area contributed by atoms with Crippen LogP contribution >= 0.6 is 0 Å². The molecular formula is C17H13F2NO4S. The molecule has 2 fully saturated rings. The molecule has 2 saturated heterocycles. The van der Waals surface area contributed by atoms with E-state index in [2.05, 4.69) is 0 Å². The van der Waals surface area contributed by atoms with Gasteiger partial charge in [-0.1, -0.05) is 0 Å². The Kier molecular flexibility index (Phi) is 3.43. The number of benzene rings is 2. The maximum atomic E-state index is 13.8. The summed E-state index contributed by atoms with van der Waals surface area (Å²) in [5, 5.41) is 1.22. The van der Waals surface area contributed by atoms with Gasteiger partial charge in [0.2, 0.25) is 0 Å². The van der Waals surface area contributed by atoms with E-state index in [0.29, 0.717) is 24.0 Å². The van der Waals surface area contributed by atoms with E-state index in [1.807, 2.05) is 4.57 Å². The fourth-order valence-corrected chi connectivity index (χ4v) is 4.59. The minimum Gasteiger partial charge on any atom is -0.376 e. The Morgan fingerprint density at radius 2 is 1.60 bits per heavy atom. The maximum Gasteiger partial charge on any atom is 0.305 e. The topological polar surface area (TPSA) is 49.7 Å². The van der Waals surface area contributed by atoms with E-state index in [1.54, 1.807) is 12.1 Å². The second-order valence-corrected chi connectivity index (χ2v) is 6.99.